The fourth-order valence-electron chi connectivity index (χ4n) is 1.23. The standard InChI is InChI=1S/C7H14N2O/c1-8-7(10)9-5-3-2-4-6-9/h2-6H2,1H3,(H,8,10)/p-1. The summed E-state index contributed by atoms with van der Waals surface area (Å²) in [4.78, 5) is 5.41. The maximum atomic E-state index is 10.9. The minimum Gasteiger partial charge on any atom is -0.846 e. The lowest BCUT2D eigenvalue weighted by atomic mass is 10.1. The molecule has 0 spiro atoms. The molecule has 0 N–H and O–H groups in total. The maximum absolute atomic E-state index is 10.9. The summed E-state index contributed by atoms with van der Waals surface area (Å²) in [6.07, 6.45) is 3.54. The van der Waals surface area contributed by atoms with Crippen LogP contribution in [-0.2, 0) is 0 Å². The number of likely N-dealkylation sites (tertiary alicyclic amines) is 1. The molecular formula is C7H13N2O-. The summed E-state index contributed by atoms with van der Waals surface area (Å²) in [6, 6.07) is -0.0558. The SMILES string of the molecule is CN=C([O-])N1CCCCC1. The monoisotopic (exact) mass is 141 g/mol. The second-order valence-corrected chi connectivity index (χ2v) is 2.55. The van der Waals surface area contributed by atoms with Gasteiger partial charge in [-0.3, -0.25) is 4.99 Å². The number of rotatable bonds is 0. The molecule has 0 aromatic heterocycles. The zero-order chi connectivity index (χ0) is 7.40. The van der Waals surface area contributed by atoms with E-state index < -0.39 is 0 Å². The predicted molar refractivity (Wildman–Crippen MR) is 38.8 cm³/mol. The lowest BCUT2D eigenvalue weighted by Crippen LogP contribution is -2.42. The van der Waals surface area contributed by atoms with Gasteiger partial charge in [-0.25, -0.2) is 0 Å². The number of nitrogens with zero attached hydrogens (tertiary/aromatic N) is 2. The first kappa shape index (κ1) is 7.38. The first-order valence-electron chi connectivity index (χ1n) is 3.73. The average molecular weight is 141 g/mol. The van der Waals surface area contributed by atoms with Crippen molar-refractivity contribution in [3.63, 3.8) is 0 Å². The summed E-state index contributed by atoms with van der Waals surface area (Å²) in [7, 11) is 1.55. The minimum atomic E-state index is -0.0558. The quantitative estimate of drug-likeness (QED) is 0.346. The molecule has 0 radical (unpaired) electrons. The van der Waals surface area contributed by atoms with Crippen molar-refractivity contribution in [1.29, 1.82) is 0 Å². The van der Waals surface area contributed by atoms with Crippen molar-refractivity contribution in [2.24, 2.45) is 4.99 Å². The van der Waals surface area contributed by atoms with Gasteiger partial charge in [0, 0.05) is 26.2 Å². The van der Waals surface area contributed by atoms with Crippen LogP contribution in [0.2, 0.25) is 0 Å². The molecule has 0 saturated carbocycles. The fourth-order valence-corrected chi connectivity index (χ4v) is 1.23. The van der Waals surface area contributed by atoms with Gasteiger partial charge in [-0.05, 0) is 19.3 Å². The third-order valence-corrected chi connectivity index (χ3v) is 1.82. The highest BCUT2D eigenvalue weighted by Crippen LogP contribution is 2.07. The van der Waals surface area contributed by atoms with Gasteiger partial charge >= 0.3 is 0 Å². The molecule has 0 bridgehead atoms. The van der Waals surface area contributed by atoms with Crippen LogP contribution in [0.3, 0.4) is 0 Å². The smallest absolute Gasteiger partial charge is 0.0495 e. The number of hydrogen-bond donors (Lipinski definition) is 0. The van der Waals surface area contributed by atoms with E-state index >= 15 is 0 Å². The van der Waals surface area contributed by atoms with Crippen molar-refractivity contribution in [2.45, 2.75) is 19.3 Å². The van der Waals surface area contributed by atoms with E-state index in [0.29, 0.717) is 0 Å². The van der Waals surface area contributed by atoms with E-state index in [4.69, 9.17) is 0 Å². The van der Waals surface area contributed by atoms with Crippen LogP contribution in [0, 0.1) is 0 Å². The normalized spacial score (nSPS) is 21.3. The van der Waals surface area contributed by atoms with Gasteiger partial charge in [0.2, 0.25) is 0 Å². The molecule has 3 heteroatoms. The Balaban J connectivity index is 2.39. The third-order valence-electron chi connectivity index (χ3n) is 1.82. The summed E-state index contributed by atoms with van der Waals surface area (Å²) >= 11 is 0. The van der Waals surface area contributed by atoms with Crippen LogP contribution < -0.4 is 5.11 Å². The summed E-state index contributed by atoms with van der Waals surface area (Å²) in [5, 5.41) is 10.9. The topological polar surface area (TPSA) is 38.7 Å². The highest BCUT2D eigenvalue weighted by Gasteiger charge is 2.06. The van der Waals surface area contributed by atoms with Gasteiger partial charge in [-0.1, -0.05) is 0 Å². The fraction of sp³-hybridized carbons (Fsp3) is 0.857. The Hall–Kier alpha value is -0.730. The zero-order valence-electron chi connectivity index (χ0n) is 6.34. The van der Waals surface area contributed by atoms with Crippen molar-refractivity contribution in [2.75, 3.05) is 20.1 Å². The maximum Gasteiger partial charge on any atom is 0.0495 e. The highest BCUT2D eigenvalue weighted by molar-refractivity contribution is 5.68. The average Bonchev–Trinajstić information content (AvgIpc) is 2.05. The van der Waals surface area contributed by atoms with Crippen molar-refractivity contribution in [1.82, 2.24) is 4.90 Å². The van der Waals surface area contributed by atoms with Gasteiger partial charge in [-0.2, -0.15) is 0 Å². The van der Waals surface area contributed by atoms with Crippen LogP contribution in [0.25, 0.3) is 0 Å². The Morgan fingerprint density at radius 2 is 1.90 bits per heavy atom. The number of aliphatic imine (C=N–C) groups is 1. The molecule has 0 aromatic rings. The molecule has 0 unspecified atom stereocenters. The molecule has 1 aliphatic heterocycles. The van der Waals surface area contributed by atoms with E-state index in [0.717, 1.165) is 25.9 Å². The number of hydrogen-bond acceptors (Lipinski definition) is 2. The molecule has 3 nitrogen and oxygen atoms in total. The second-order valence-electron chi connectivity index (χ2n) is 2.55. The van der Waals surface area contributed by atoms with Crippen LogP contribution in [0.4, 0.5) is 0 Å². The molecule has 58 valence electrons. The van der Waals surface area contributed by atoms with Crippen molar-refractivity contribution in [3.05, 3.63) is 0 Å². The number of piperidine rings is 1. The molecule has 10 heavy (non-hydrogen) atoms. The molecule has 1 heterocycles. The Bertz CT molecular complexity index is 128. The Kier molecular flexibility index (Phi) is 2.54. The summed E-state index contributed by atoms with van der Waals surface area (Å²) < 4.78 is 0. The van der Waals surface area contributed by atoms with E-state index in [1.807, 2.05) is 4.90 Å². The largest absolute Gasteiger partial charge is 0.846 e. The molecule has 1 saturated heterocycles. The van der Waals surface area contributed by atoms with E-state index in [1.54, 1.807) is 7.05 Å². The molecule has 0 amide bonds. The van der Waals surface area contributed by atoms with Gasteiger partial charge in [0.15, 0.2) is 0 Å². The Morgan fingerprint density at radius 1 is 1.30 bits per heavy atom. The van der Waals surface area contributed by atoms with E-state index in [9.17, 15) is 5.11 Å². The molecule has 0 aliphatic carbocycles. The van der Waals surface area contributed by atoms with Gasteiger partial charge in [-0.15, -0.1) is 0 Å². The summed E-state index contributed by atoms with van der Waals surface area (Å²) in [5.74, 6) is 0. The Labute approximate surface area is 61.4 Å². The second kappa shape index (κ2) is 3.44. The minimum absolute atomic E-state index is 0.0558. The van der Waals surface area contributed by atoms with Gasteiger partial charge < -0.3 is 10.0 Å². The first-order valence-corrected chi connectivity index (χ1v) is 3.73. The summed E-state index contributed by atoms with van der Waals surface area (Å²) in [6.45, 7) is 1.80. The van der Waals surface area contributed by atoms with Crippen LogP contribution in [0.5, 0.6) is 0 Å². The molecule has 0 atom stereocenters. The van der Waals surface area contributed by atoms with Crippen molar-refractivity contribution < 1.29 is 5.11 Å². The lowest BCUT2D eigenvalue weighted by molar-refractivity contribution is -0.235. The van der Waals surface area contributed by atoms with Crippen LogP contribution in [0.1, 0.15) is 19.3 Å². The Morgan fingerprint density at radius 3 is 2.40 bits per heavy atom. The zero-order valence-corrected chi connectivity index (χ0v) is 6.34. The molecule has 1 fully saturated rings. The van der Waals surface area contributed by atoms with Crippen molar-refractivity contribution in [3.8, 4) is 0 Å². The van der Waals surface area contributed by atoms with Crippen LogP contribution >= 0.6 is 0 Å². The third kappa shape index (κ3) is 1.62. The lowest BCUT2D eigenvalue weighted by Gasteiger charge is -2.32. The molecule has 1 rings (SSSR count). The van der Waals surface area contributed by atoms with E-state index in [-0.39, 0.29) is 6.02 Å². The van der Waals surface area contributed by atoms with E-state index in [2.05, 4.69) is 4.99 Å². The molecule has 0 aromatic carbocycles. The van der Waals surface area contributed by atoms with Gasteiger partial charge in [0.05, 0.1) is 0 Å². The van der Waals surface area contributed by atoms with Crippen LogP contribution in [0.15, 0.2) is 4.99 Å². The van der Waals surface area contributed by atoms with Gasteiger partial charge in [0.1, 0.15) is 0 Å². The highest BCUT2D eigenvalue weighted by atomic mass is 16.3. The summed E-state index contributed by atoms with van der Waals surface area (Å²) in [5.41, 5.74) is 0. The van der Waals surface area contributed by atoms with E-state index in [1.165, 1.54) is 6.42 Å². The number of amidine groups is 1. The van der Waals surface area contributed by atoms with Crippen molar-refractivity contribution >= 4 is 6.02 Å². The van der Waals surface area contributed by atoms with Gasteiger partial charge in [0.25, 0.3) is 0 Å². The predicted octanol–water partition coefficient (Wildman–Crippen LogP) is -0.182. The molecule has 1 aliphatic rings. The molecular weight excluding hydrogens is 128 g/mol. The first-order chi connectivity index (χ1) is 4.84. The van der Waals surface area contributed by atoms with Crippen LogP contribution in [-0.4, -0.2) is 31.1 Å².